The maximum Gasteiger partial charge on any atom is 0.325 e. The Kier molecular flexibility index (Phi) is 4.17. The lowest BCUT2D eigenvalue weighted by atomic mass is 10.4. The van der Waals surface area contributed by atoms with Crippen molar-refractivity contribution in [3.8, 4) is 0 Å². The number of carbonyl (C=O) groups excluding carboxylic acids is 1. The van der Waals surface area contributed by atoms with Crippen molar-refractivity contribution < 1.29 is 9.53 Å². The highest BCUT2D eigenvalue weighted by Crippen LogP contribution is 2.17. The third-order valence-electron chi connectivity index (χ3n) is 1.60. The zero-order valence-electron chi connectivity index (χ0n) is 8.29. The van der Waals surface area contributed by atoms with Crippen molar-refractivity contribution >= 4 is 29.1 Å². The standard InChI is InChI=1S/C9H12ClN3O2/c1-2-15-8(14)5-12-9-6(11)3-4-7(10)13-9/h3-4H,2,5,11H2,1H3,(H,12,13). The van der Waals surface area contributed by atoms with E-state index in [-0.39, 0.29) is 12.5 Å². The van der Waals surface area contributed by atoms with E-state index in [0.717, 1.165) is 0 Å². The Balaban J connectivity index is 2.57. The minimum atomic E-state index is -0.362. The van der Waals surface area contributed by atoms with E-state index in [1.54, 1.807) is 19.1 Å². The summed E-state index contributed by atoms with van der Waals surface area (Å²) in [4.78, 5) is 15.0. The van der Waals surface area contributed by atoms with Crippen LogP contribution in [0.5, 0.6) is 0 Å². The average Bonchev–Trinajstić information content (AvgIpc) is 2.20. The van der Waals surface area contributed by atoms with E-state index in [1.807, 2.05) is 0 Å². The fourth-order valence-electron chi connectivity index (χ4n) is 0.956. The van der Waals surface area contributed by atoms with Crippen LogP contribution in [0.2, 0.25) is 5.15 Å². The molecule has 1 aromatic heterocycles. The maximum absolute atomic E-state index is 11.0. The quantitative estimate of drug-likeness (QED) is 0.601. The van der Waals surface area contributed by atoms with Gasteiger partial charge in [-0.25, -0.2) is 4.98 Å². The number of ether oxygens (including phenoxy) is 1. The van der Waals surface area contributed by atoms with Gasteiger partial charge in [-0.2, -0.15) is 0 Å². The summed E-state index contributed by atoms with van der Waals surface area (Å²) in [6.45, 7) is 2.11. The second kappa shape index (κ2) is 5.41. The van der Waals surface area contributed by atoms with Gasteiger partial charge in [0.05, 0.1) is 12.3 Å². The van der Waals surface area contributed by atoms with Crippen LogP contribution in [-0.4, -0.2) is 24.1 Å². The number of rotatable bonds is 4. The number of hydrogen-bond donors (Lipinski definition) is 2. The second-order valence-electron chi connectivity index (χ2n) is 2.73. The molecule has 0 amide bonds. The van der Waals surface area contributed by atoms with Crippen molar-refractivity contribution in [3.05, 3.63) is 17.3 Å². The van der Waals surface area contributed by atoms with Crippen LogP contribution in [-0.2, 0) is 9.53 Å². The van der Waals surface area contributed by atoms with Gasteiger partial charge in [0.1, 0.15) is 11.7 Å². The second-order valence-corrected chi connectivity index (χ2v) is 3.12. The molecule has 1 aromatic rings. The van der Waals surface area contributed by atoms with Crippen LogP contribution in [0.4, 0.5) is 11.5 Å². The van der Waals surface area contributed by atoms with E-state index in [0.29, 0.717) is 23.3 Å². The van der Waals surface area contributed by atoms with Crippen molar-refractivity contribution in [1.82, 2.24) is 4.98 Å². The number of halogens is 1. The molecule has 0 atom stereocenters. The molecule has 1 rings (SSSR count). The van der Waals surface area contributed by atoms with Gasteiger partial charge >= 0.3 is 5.97 Å². The van der Waals surface area contributed by atoms with Crippen LogP contribution in [0.1, 0.15) is 6.92 Å². The summed E-state index contributed by atoms with van der Waals surface area (Å²) < 4.78 is 4.73. The van der Waals surface area contributed by atoms with Gasteiger partial charge in [-0.05, 0) is 19.1 Å². The summed E-state index contributed by atoms with van der Waals surface area (Å²) in [5.41, 5.74) is 6.05. The van der Waals surface area contributed by atoms with Crippen molar-refractivity contribution in [2.75, 3.05) is 24.2 Å². The number of anilines is 2. The van der Waals surface area contributed by atoms with Crippen LogP contribution in [0.15, 0.2) is 12.1 Å². The molecular weight excluding hydrogens is 218 g/mol. The minimum absolute atomic E-state index is 0.0192. The first kappa shape index (κ1) is 11.6. The van der Waals surface area contributed by atoms with Crippen molar-refractivity contribution in [3.63, 3.8) is 0 Å². The van der Waals surface area contributed by atoms with Crippen molar-refractivity contribution in [2.24, 2.45) is 0 Å². The Morgan fingerprint density at radius 1 is 1.67 bits per heavy atom. The molecule has 0 saturated heterocycles. The molecule has 0 bridgehead atoms. The summed E-state index contributed by atoms with van der Waals surface area (Å²) in [6, 6.07) is 3.19. The van der Waals surface area contributed by atoms with Crippen molar-refractivity contribution in [1.29, 1.82) is 0 Å². The molecular formula is C9H12ClN3O2. The Morgan fingerprint density at radius 3 is 3.07 bits per heavy atom. The normalized spacial score (nSPS) is 9.73. The van der Waals surface area contributed by atoms with E-state index < -0.39 is 0 Å². The monoisotopic (exact) mass is 229 g/mol. The molecule has 0 aliphatic heterocycles. The predicted molar refractivity (Wildman–Crippen MR) is 58.8 cm³/mol. The third-order valence-corrected chi connectivity index (χ3v) is 1.81. The van der Waals surface area contributed by atoms with Gasteiger partial charge < -0.3 is 15.8 Å². The Hall–Kier alpha value is -1.49. The first-order valence-electron chi connectivity index (χ1n) is 4.45. The van der Waals surface area contributed by atoms with E-state index in [2.05, 4.69) is 10.3 Å². The Labute approximate surface area is 92.6 Å². The first-order valence-corrected chi connectivity index (χ1v) is 4.82. The van der Waals surface area contributed by atoms with E-state index in [4.69, 9.17) is 22.1 Å². The van der Waals surface area contributed by atoms with Crippen LogP contribution in [0.25, 0.3) is 0 Å². The molecule has 0 aromatic carbocycles. The molecule has 82 valence electrons. The lowest BCUT2D eigenvalue weighted by Gasteiger charge is -2.07. The fraction of sp³-hybridized carbons (Fsp3) is 0.333. The van der Waals surface area contributed by atoms with Gasteiger partial charge in [-0.1, -0.05) is 11.6 Å². The molecule has 0 saturated carbocycles. The maximum atomic E-state index is 11.0. The molecule has 0 spiro atoms. The molecule has 15 heavy (non-hydrogen) atoms. The molecule has 1 heterocycles. The number of aromatic nitrogens is 1. The molecule has 3 N–H and O–H groups in total. The predicted octanol–water partition coefficient (Wildman–Crippen LogP) is 1.29. The van der Waals surface area contributed by atoms with E-state index in [1.165, 1.54) is 0 Å². The lowest BCUT2D eigenvalue weighted by molar-refractivity contribution is -0.140. The van der Waals surface area contributed by atoms with E-state index >= 15 is 0 Å². The number of nitrogens with zero attached hydrogens (tertiary/aromatic N) is 1. The largest absolute Gasteiger partial charge is 0.465 e. The molecule has 0 fully saturated rings. The van der Waals surface area contributed by atoms with Crippen LogP contribution in [0, 0.1) is 0 Å². The number of nitrogens with two attached hydrogens (primary N) is 1. The molecule has 0 aliphatic rings. The fourth-order valence-corrected chi connectivity index (χ4v) is 1.10. The Morgan fingerprint density at radius 2 is 2.40 bits per heavy atom. The molecule has 0 radical (unpaired) electrons. The molecule has 0 aliphatic carbocycles. The van der Waals surface area contributed by atoms with Gasteiger partial charge in [0.25, 0.3) is 0 Å². The summed E-state index contributed by atoms with van der Waals surface area (Å²) in [5.74, 6) is 0.0224. The van der Waals surface area contributed by atoms with Crippen molar-refractivity contribution in [2.45, 2.75) is 6.92 Å². The topological polar surface area (TPSA) is 77.2 Å². The summed E-state index contributed by atoms with van der Waals surface area (Å²) in [5, 5.41) is 3.06. The Bertz CT molecular complexity index is 357. The van der Waals surface area contributed by atoms with Crippen LogP contribution >= 0.6 is 11.6 Å². The highest BCUT2D eigenvalue weighted by molar-refractivity contribution is 6.29. The summed E-state index contributed by atoms with van der Waals surface area (Å²) in [7, 11) is 0. The van der Waals surface area contributed by atoms with Gasteiger partial charge in [-0.15, -0.1) is 0 Å². The average molecular weight is 230 g/mol. The van der Waals surface area contributed by atoms with Crippen LogP contribution < -0.4 is 11.1 Å². The van der Waals surface area contributed by atoms with Gasteiger partial charge in [0, 0.05) is 0 Å². The number of nitrogen functional groups attached to an aromatic ring is 1. The number of esters is 1. The van der Waals surface area contributed by atoms with E-state index in [9.17, 15) is 4.79 Å². The minimum Gasteiger partial charge on any atom is -0.465 e. The highest BCUT2D eigenvalue weighted by atomic mass is 35.5. The smallest absolute Gasteiger partial charge is 0.325 e. The number of pyridine rings is 1. The zero-order valence-corrected chi connectivity index (χ0v) is 9.04. The number of nitrogens with one attached hydrogen (secondary N) is 1. The molecule has 5 nitrogen and oxygen atoms in total. The van der Waals surface area contributed by atoms with Crippen LogP contribution in [0.3, 0.4) is 0 Å². The number of hydrogen-bond acceptors (Lipinski definition) is 5. The SMILES string of the molecule is CCOC(=O)CNc1nc(Cl)ccc1N. The van der Waals surface area contributed by atoms with Gasteiger partial charge in [0.2, 0.25) is 0 Å². The van der Waals surface area contributed by atoms with Gasteiger partial charge in [-0.3, -0.25) is 4.79 Å². The molecule has 6 heteroatoms. The lowest BCUT2D eigenvalue weighted by Crippen LogP contribution is -2.18. The highest BCUT2D eigenvalue weighted by Gasteiger charge is 2.05. The summed E-state index contributed by atoms with van der Waals surface area (Å²) >= 11 is 5.67. The first-order chi connectivity index (χ1) is 7.13. The number of carbonyl (C=O) groups is 1. The zero-order chi connectivity index (χ0) is 11.3. The third kappa shape index (κ3) is 3.63. The molecule has 0 unspecified atom stereocenters. The van der Waals surface area contributed by atoms with Gasteiger partial charge in [0.15, 0.2) is 5.82 Å². The summed E-state index contributed by atoms with van der Waals surface area (Å²) in [6.07, 6.45) is 0.